The summed E-state index contributed by atoms with van der Waals surface area (Å²) in [6.07, 6.45) is 0.149. The molecule has 0 amide bonds. The number of rotatable bonds is 5. The van der Waals surface area contributed by atoms with Crippen molar-refractivity contribution in [3.8, 4) is 0 Å². The van der Waals surface area contributed by atoms with Crippen LogP contribution in [0.5, 0.6) is 0 Å². The van der Waals surface area contributed by atoms with Crippen LogP contribution in [0.3, 0.4) is 0 Å². The molecule has 1 unspecified atom stereocenters. The SMILES string of the molecule is Cc1ccc(CN(C)C(C)CC(=O)O)o1. The molecule has 0 bridgehead atoms. The zero-order valence-corrected chi connectivity index (χ0v) is 9.36. The maximum absolute atomic E-state index is 10.5. The van der Waals surface area contributed by atoms with Crippen molar-refractivity contribution in [2.75, 3.05) is 7.05 Å². The van der Waals surface area contributed by atoms with Crippen LogP contribution in [-0.4, -0.2) is 29.1 Å². The number of hydrogen-bond acceptors (Lipinski definition) is 3. The summed E-state index contributed by atoms with van der Waals surface area (Å²) < 4.78 is 5.42. The van der Waals surface area contributed by atoms with Crippen LogP contribution >= 0.6 is 0 Å². The van der Waals surface area contributed by atoms with Gasteiger partial charge in [0.1, 0.15) is 11.5 Å². The number of hydrogen-bond donors (Lipinski definition) is 1. The van der Waals surface area contributed by atoms with E-state index in [9.17, 15) is 4.79 Å². The number of carboxylic acid groups (broad SMARTS) is 1. The molecule has 15 heavy (non-hydrogen) atoms. The first-order valence-electron chi connectivity index (χ1n) is 4.96. The predicted molar refractivity (Wildman–Crippen MR) is 56.6 cm³/mol. The molecular formula is C11H17NO3. The molecule has 0 aliphatic heterocycles. The van der Waals surface area contributed by atoms with Gasteiger partial charge in [-0.2, -0.15) is 0 Å². The van der Waals surface area contributed by atoms with Crippen molar-refractivity contribution in [1.29, 1.82) is 0 Å². The fourth-order valence-corrected chi connectivity index (χ4v) is 1.38. The fourth-order valence-electron chi connectivity index (χ4n) is 1.38. The molecule has 0 saturated heterocycles. The Labute approximate surface area is 89.5 Å². The van der Waals surface area contributed by atoms with E-state index in [1.165, 1.54) is 0 Å². The van der Waals surface area contributed by atoms with Crippen molar-refractivity contribution in [3.05, 3.63) is 23.7 Å². The number of carbonyl (C=O) groups is 1. The third-order valence-electron chi connectivity index (χ3n) is 2.42. The van der Waals surface area contributed by atoms with Crippen LogP contribution in [0, 0.1) is 6.92 Å². The third kappa shape index (κ3) is 3.75. The summed E-state index contributed by atoms with van der Waals surface area (Å²) in [5, 5.41) is 8.65. The lowest BCUT2D eigenvalue weighted by Gasteiger charge is -2.21. The molecule has 4 nitrogen and oxygen atoms in total. The Balaban J connectivity index is 2.47. The number of carboxylic acids is 1. The van der Waals surface area contributed by atoms with Crippen molar-refractivity contribution >= 4 is 5.97 Å². The lowest BCUT2D eigenvalue weighted by Crippen LogP contribution is -2.30. The van der Waals surface area contributed by atoms with Gasteiger partial charge in [0, 0.05) is 6.04 Å². The Morgan fingerprint density at radius 1 is 1.60 bits per heavy atom. The summed E-state index contributed by atoms with van der Waals surface area (Å²) in [7, 11) is 1.89. The lowest BCUT2D eigenvalue weighted by atomic mass is 10.2. The molecule has 0 radical (unpaired) electrons. The molecule has 1 heterocycles. The first-order valence-corrected chi connectivity index (χ1v) is 4.96. The summed E-state index contributed by atoms with van der Waals surface area (Å²) in [5.41, 5.74) is 0. The molecule has 1 rings (SSSR count). The summed E-state index contributed by atoms with van der Waals surface area (Å²) in [5.74, 6) is 0.974. The molecule has 0 aliphatic rings. The zero-order chi connectivity index (χ0) is 11.4. The molecule has 0 saturated carbocycles. The van der Waals surface area contributed by atoms with Crippen LogP contribution in [0.15, 0.2) is 16.5 Å². The van der Waals surface area contributed by atoms with Crippen molar-refractivity contribution in [2.45, 2.75) is 32.9 Å². The van der Waals surface area contributed by atoms with Gasteiger partial charge in [-0.3, -0.25) is 9.69 Å². The van der Waals surface area contributed by atoms with Crippen molar-refractivity contribution in [3.63, 3.8) is 0 Å². The fraction of sp³-hybridized carbons (Fsp3) is 0.545. The van der Waals surface area contributed by atoms with E-state index in [0.717, 1.165) is 11.5 Å². The smallest absolute Gasteiger partial charge is 0.304 e. The van der Waals surface area contributed by atoms with Gasteiger partial charge in [-0.1, -0.05) is 0 Å². The monoisotopic (exact) mass is 211 g/mol. The number of aliphatic carboxylic acids is 1. The highest BCUT2D eigenvalue weighted by molar-refractivity contribution is 5.67. The summed E-state index contributed by atoms with van der Waals surface area (Å²) in [4.78, 5) is 12.5. The molecule has 0 fully saturated rings. The zero-order valence-electron chi connectivity index (χ0n) is 9.36. The molecule has 1 aromatic heterocycles. The highest BCUT2D eigenvalue weighted by atomic mass is 16.4. The summed E-state index contributed by atoms with van der Waals surface area (Å²) >= 11 is 0. The Morgan fingerprint density at radius 2 is 2.27 bits per heavy atom. The standard InChI is InChI=1S/C11H17NO3/c1-8(6-11(13)14)12(3)7-10-5-4-9(2)15-10/h4-5,8H,6-7H2,1-3H3,(H,13,14). The number of nitrogens with zero attached hydrogens (tertiary/aromatic N) is 1. The Bertz CT molecular complexity index is 332. The third-order valence-corrected chi connectivity index (χ3v) is 2.42. The molecule has 84 valence electrons. The second-order valence-corrected chi connectivity index (χ2v) is 3.87. The minimum absolute atomic E-state index is 0.00732. The van der Waals surface area contributed by atoms with Gasteiger partial charge in [0.05, 0.1) is 13.0 Å². The number of aryl methyl sites for hydroxylation is 1. The van der Waals surface area contributed by atoms with E-state index >= 15 is 0 Å². The second kappa shape index (κ2) is 4.98. The predicted octanol–water partition coefficient (Wildman–Crippen LogP) is 1.88. The van der Waals surface area contributed by atoms with Crippen LogP contribution in [-0.2, 0) is 11.3 Å². The largest absolute Gasteiger partial charge is 0.481 e. The van der Waals surface area contributed by atoms with Gasteiger partial charge in [0.25, 0.3) is 0 Å². The minimum atomic E-state index is -0.773. The lowest BCUT2D eigenvalue weighted by molar-refractivity contribution is -0.138. The van der Waals surface area contributed by atoms with Crippen LogP contribution in [0.25, 0.3) is 0 Å². The van der Waals surface area contributed by atoms with E-state index in [-0.39, 0.29) is 12.5 Å². The first-order chi connectivity index (χ1) is 6.99. The van der Waals surface area contributed by atoms with Gasteiger partial charge in [0.15, 0.2) is 0 Å². The molecule has 0 aliphatic carbocycles. The van der Waals surface area contributed by atoms with Crippen LogP contribution < -0.4 is 0 Å². The topological polar surface area (TPSA) is 53.7 Å². The van der Waals surface area contributed by atoms with E-state index in [0.29, 0.717) is 6.54 Å². The normalized spacial score (nSPS) is 13.1. The van der Waals surface area contributed by atoms with Gasteiger partial charge in [-0.15, -0.1) is 0 Å². The average molecular weight is 211 g/mol. The molecule has 4 heteroatoms. The Kier molecular flexibility index (Phi) is 3.91. The van der Waals surface area contributed by atoms with Crippen molar-refractivity contribution in [1.82, 2.24) is 4.90 Å². The van der Waals surface area contributed by atoms with Gasteiger partial charge in [-0.05, 0) is 33.0 Å². The van der Waals surface area contributed by atoms with Crippen LogP contribution in [0.2, 0.25) is 0 Å². The van der Waals surface area contributed by atoms with Crippen LogP contribution in [0.4, 0.5) is 0 Å². The summed E-state index contributed by atoms with van der Waals surface area (Å²) in [6.45, 7) is 4.43. The number of furan rings is 1. The second-order valence-electron chi connectivity index (χ2n) is 3.87. The molecule has 1 atom stereocenters. The van der Waals surface area contributed by atoms with E-state index < -0.39 is 5.97 Å². The van der Waals surface area contributed by atoms with E-state index in [1.807, 2.05) is 37.9 Å². The van der Waals surface area contributed by atoms with Gasteiger partial charge >= 0.3 is 5.97 Å². The molecule has 1 aromatic rings. The van der Waals surface area contributed by atoms with Gasteiger partial charge in [-0.25, -0.2) is 0 Å². The maximum atomic E-state index is 10.5. The van der Waals surface area contributed by atoms with Gasteiger partial charge in [0.2, 0.25) is 0 Å². The van der Waals surface area contributed by atoms with Gasteiger partial charge < -0.3 is 9.52 Å². The molecule has 0 aromatic carbocycles. The molecule has 1 N–H and O–H groups in total. The highest BCUT2D eigenvalue weighted by Gasteiger charge is 2.14. The Hall–Kier alpha value is -1.29. The first kappa shape index (κ1) is 11.8. The molecule has 0 spiro atoms. The average Bonchev–Trinajstić information content (AvgIpc) is 2.50. The van der Waals surface area contributed by atoms with E-state index in [1.54, 1.807) is 0 Å². The van der Waals surface area contributed by atoms with E-state index in [4.69, 9.17) is 9.52 Å². The molecular weight excluding hydrogens is 194 g/mol. The highest BCUT2D eigenvalue weighted by Crippen LogP contribution is 2.11. The van der Waals surface area contributed by atoms with Crippen molar-refractivity contribution in [2.24, 2.45) is 0 Å². The quantitative estimate of drug-likeness (QED) is 0.808. The minimum Gasteiger partial charge on any atom is -0.481 e. The van der Waals surface area contributed by atoms with Crippen LogP contribution in [0.1, 0.15) is 24.9 Å². The Morgan fingerprint density at radius 3 is 2.73 bits per heavy atom. The van der Waals surface area contributed by atoms with E-state index in [2.05, 4.69) is 0 Å². The maximum Gasteiger partial charge on any atom is 0.304 e. The summed E-state index contributed by atoms with van der Waals surface area (Å²) in [6, 6.07) is 3.83. The van der Waals surface area contributed by atoms with Crippen molar-refractivity contribution < 1.29 is 14.3 Å².